The van der Waals surface area contributed by atoms with E-state index in [1.165, 1.54) is 17.8 Å². The fourth-order valence-corrected chi connectivity index (χ4v) is 2.00. The summed E-state index contributed by atoms with van der Waals surface area (Å²) in [5, 5.41) is 19.2. The summed E-state index contributed by atoms with van der Waals surface area (Å²) in [5.41, 5.74) is 1.02. The van der Waals surface area contributed by atoms with Gasteiger partial charge in [-0.25, -0.2) is 4.98 Å². The average Bonchev–Trinajstić information content (AvgIpc) is 2.41. The number of thioether (sulfide) groups is 1. The van der Waals surface area contributed by atoms with Crippen LogP contribution in [0.5, 0.6) is 5.75 Å². The van der Waals surface area contributed by atoms with Crippen molar-refractivity contribution in [2.45, 2.75) is 12.1 Å². The molecule has 2 aromatic rings. The van der Waals surface area contributed by atoms with Gasteiger partial charge in [-0.2, -0.15) is 5.26 Å². The molecule has 0 spiro atoms. The summed E-state index contributed by atoms with van der Waals surface area (Å²) in [5.74, 6) is 0.106. The summed E-state index contributed by atoms with van der Waals surface area (Å²) in [6.45, 7) is 1.77. The number of H-pyrrole nitrogens is 1. The van der Waals surface area contributed by atoms with E-state index in [2.05, 4.69) is 9.97 Å². The van der Waals surface area contributed by atoms with E-state index in [0.717, 1.165) is 5.56 Å². The summed E-state index contributed by atoms with van der Waals surface area (Å²) < 4.78 is 0. The van der Waals surface area contributed by atoms with Crippen molar-refractivity contribution in [3.8, 4) is 23.1 Å². The lowest BCUT2D eigenvalue weighted by Crippen LogP contribution is -2.14. The summed E-state index contributed by atoms with van der Waals surface area (Å²) in [7, 11) is 0. The van der Waals surface area contributed by atoms with Crippen molar-refractivity contribution >= 4 is 11.8 Å². The third kappa shape index (κ3) is 2.46. The first-order valence-corrected chi connectivity index (χ1v) is 6.67. The van der Waals surface area contributed by atoms with Crippen molar-refractivity contribution in [3.63, 3.8) is 0 Å². The number of rotatable bonds is 2. The number of aromatic hydroxyl groups is 1. The molecule has 0 unspecified atom stereocenters. The standard InChI is InChI=1S/C13H11N3O2S/c1-7-3-4-8(5-10(7)17)11-9(6-14)12(18)16-13(15-11)19-2/h3-5,17H,1-2H3,(H,15,16,18). The van der Waals surface area contributed by atoms with E-state index < -0.39 is 5.56 Å². The molecule has 1 aromatic carbocycles. The number of phenols is 1. The lowest BCUT2D eigenvalue weighted by atomic mass is 10.1. The van der Waals surface area contributed by atoms with Crippen LogP contribution >= 0.6 is 11.8 Å². The van der Waals surface area contributed by atoms with Crippen molar-refractivity contribution in [1.29, 1.82) is 5.26 Å². The number of hydrogen-bond donors (Lipinski definition) is 2. The van der Waals surface area contributed by atoms with Gasteiger partial charge in [-0.15, -0.1) is 0 Å². The summed E-state index contributed by atoms with van der Waals surface area (Å²) >= 11 is 1.28. The minimum absolute atomic E-state index is 0.0546. The molecule has 5 nitrogen and oxygen atoms in total. The molecule has 2 N–H and O–H groups in total. The van der Waals surface area contributed by atoms with Gasteiger partial charge in [-0.05, 0) is 24.8 Å². The number of aromatic nitrogens is 2. The van der Waals surface area contributed by atoms with Crippen LogP contribution < -0.4 is 5.56 Å². The van der Waals surface area contributed by atoms with Crippen LogP contribution in [-0.4, -0.2) is 21.3 Å². The highest BCUT2D eigenvalue weighted by Crippen LogP contribution is 2.26. The van der Waals surface area contributed by atoms with Crippen LogP contribution in [0.3, 0.4) is 0 Å². The van der Waals surface area contributed by atoms with Gasteiger partial charge in [0.2, 0.25) is 0 Å². The zero-order chi connectivity index (χ0) is 14.0. The van der Waals surface area contributed by atoms with E-state index in [0.29, 0.717) is 10.7 Å². The largest absolute Gasteiger partial charge is 0.508 e. The fraction of sp³-hybridized carbons (Fsp3) is 0.154. The Morgan fingerprint density at radius 3 is 2.79 bits per heavy atom. The summed E-state index contributed by atoms with van der Waals surface area (Å²) in [6, 6.07) is 6.79. The van der Waals surface area contributed by atoms with E-state index in [1.54, 1.807) is 25.3 Å². The molecule has 0 aliphatic rings. The van der Waals surface area contributed by atoms with E-state index >= 15 is 0 Å². The normalized spacial score (nSPS) is 10.2. The quantitative estimate of drug-likeness (QED) is 0.645. The van der Waals surface area contributed by atoms with Gasteiger partial charge in [0, 0.05) is 5.56 Å². The van der Waals surface area contributed by atoms with Crippen LogP contribution in [-0.2, 0) is 0 Å². The van der Waals surface area contributed by atoms with Gasteiger partial charge in [0.25, 0.3) is 5.56 Å². The molecule has 0 aliphatic heterocycles. The highest BCUT2D eigenvalue weighted by Gasteiger charge is 2.13. The molecule has 0 saturated carbocycles. The van der Waals surface area contributed by atoms with E-state index in [9.17, 15) is 9.90 Å². The summed E-state index contributed by atoms with van der Waals surface area (Å²) in [6.07, 6.45) is 1.78. The monoisotopic (exact) mass is 273 g/mol. The predicted molar refractivity (Wildman–Crippen MR) is 73.2 cm³/mol. The van der Waals surface area contributed by atoms with E-state index in [-0.39, 0.29) is 17.0 Å². The molecule has 0 amide bonds. The molecular formula is C13H11N3O2S. The van der Waals surface area contributed by atoms with Gasteiger partial charge in [0.05, 0.1) is 5.69 Å². The Kier molecular flexibility index (Phi) is 3.58. The number of phenolic OH excluding ortho intramolecular Hbond substituents is 1. The maximum absolute atomic E-state index is 11.8. The second-order valence-corrected chi connectivity index (χ2v) is 4.71. The number of benzene rings is 1. The first kappa shape index (κ1) is 13.2. The lowest BCUT2D eigenvalue weighted by Gasteiger charge is -2.06. The van der Waals surface area contributed by atoms with Gasteiger partial charge in [0.15, 0.2) is 5.16 Å². The van der Waals surface area contributed by atoms with Crippen LogP contribution in [0.15, 0.2) is 28.2 Å². The van der Waals surface area contributed by atoms with Crippen molar-refractivity contribution in [1.82, 2.24) is 9.97 Å². The number of aryl methyl sites for hydroxylation is 1. The Morgan fingerprint density at radius 1 is 1.47 bits per heavy atom. The predicted octanol–water partition coefficient (Wildman–Crippen LogP) is 2.04. The van der Waals surface area contributed by atoms with Crippen molar-refractivity contribution in [3.05, 3.63) is 39.7 Å². The highest BCUT2D eigenvalue weighted by atomic mass is 32.2. The Morgan fingerprint density at radius 2 is 2.21 bits per heavy atom. The third-order valence-corrected chi connectivity index (χ3v) is 3.27. The third-order valence-electron chi connectivity index (χ3n) is 2.69. The zero-order valence-electron chi connectivity index (χ0n) is 10.4. The Hall–Kier alpha value is -2.26. The highest BCUT2D eigenvalue weighted by molar-refractivity contribution is 7.98. The Bertz CT molecular complexity index is 732. The van der Waals surface area contributed by atoms with Gasteiger partial charge < -0.3 is 10.1 Å². The van der Waals surface area contributed by atoms with Gasteiger partial charge in [-0.1, -0.05) is 23.9 Å². The molecule has 2 rings (SSSR count). The molecule has 0 atom stereocenters. The van der Waals surface area contributed by atoms with Crippen LogP contribution in [0.2, 0.25) is 0 Å². The van der Waals surface area contributed by atoms with Gasteiger partial charge in [0.1, 0.15) is 17.4 Å². The second kappa shape index (κ2) is 5.16. The van der Waals surface area contributed by atoms with Crippen molar-refractivity contribution in [2.75, 3.05) is 6.26 Å². The summed E-state index contributed by atoms with van der Waals surface area (Å²) in [4.78, 5) is 18.5. The van der Waals surface area contributed by atoms with Crippen LogP contribution in [0.25, 0.3) is 11.3 Å². The smallest absolute Gasteiger partial charge is 0.270 e. The number of aromatic amines is 1. The first-order valence-electron chi connectivity index (χ1n) is 5.45. The number of nitrogens with zero attached hydrogens (tertiary/aromatic N) is 2. The molecule has 1 aromatic heterocycles. The molecule has 96 valence electrons. The van der Waals surface area contributed by atoms with E-state index in [4.69, 9.17) is 5.26 Å². The molecule has 0 saturated heterocycles. The van der Waals surface area contributed by atoms with Crippen LogP contribution in [0.1, 0.15) is 11.1 Å². The Labute approximate surface area is 113 Å². The molecule has 6 heteroatoms. The van der Waals surface area contributed by atoms with Gasteiger partial charge >= 0.3 is 0 Å². The van der Waals surface area contributed by atoms with Crippen LogP contribution in [0, 0.1) is 18.3 Å². The molecule has 0 radical (unpaired) electrons. The minimum atomic E-state index is -0.475. The van der Waals surface area contributed by atoms with Crippen LogP contribution in [0.4, 0.5) is 0 Å². The maximum Gasteiger partial charge on any atom is 0.270 e. The first-order chi connectivity index (χ1) is 9.06. The molecule has 0 bridgehead atoms. The number of hydrogen-bond acceptors (Lipinski definition) is 5. The molecule has 0 fully saturated rings. The lowest BCUT2D eigenvalue weighted by molar-refractivity contribution is 0.471. The van der Waals surface area contributed by atoms with Crippen molar-refractivity contribution in [2.24, 2.45) is 0 Å². The molecule has 1 heterocycles. The molecule has 0 aliphatic carbocycles. The number of nitrogens with one attached hydrogen (secondary N) is 1. The zero-order valence-corrected chi connectivity index (χ0v) is 11.2. The van der Waals surface area contributed by atoms with E-state index in [1.807, 2.05) is 6.07 Å². The molecule has 19 heavy (non-hydrogen) atoms. The Balaban J connectivity index is 2.73. The molecular weight excluding hydrogens is 262 g/mol. The topological polar surface area (TPSA) is 89.8 Å². The number of nitriles is 1. The SMILES string of the molecule is CSc1nc(-c2ccc(C)c(O)c2)c(C#N)c(=O)[nH]1. The minimum Gasteiger partial charge on any atom is -0.508 e. The second-order valence-electron chi connectivity index (χ2n) is 3.91. The maximum atomic E-state index is 11.8. The fourth-order valence-electron chi connectivity index (χ4n) is 1.62. The average molecular weight is 273 g/mol. The van der Waals surface area contributed by atoms with Crippen molar-refractivity contribution < 1.29 is 5.11 Å². The van der Waals surface area contributed by atoms with Gasteiger partial charge in [-0.3, -0.25) is 4.79 Å².